The molecule has 1 N–H and O–H groups in total. The monoisotopic (exact) mass is 319 g/mol. The Morgan fingerprint density at radius 2 is 1.95 bits per heavy atom. The predicted octanol–water partition coefficient (Wildman–Crippen LogP) is 3.33. The second-order valence-corrected chi connectivity index (χ2v) is 6.31. The van der Waals surface area contributed by atoms with Gasteiger partial charge in [-0.25, -0.2) is 0 Å². The minimum absolute atomic E-state index is 0.133. The van der Waals surface area contributed by atoms with E-state index in [4.69, 9.17) is 9.47 Å². The van der Waals surface area contributed by atoms with Crippen LogP contribution in [-0.2, 0) is 9.53 Å². The molecule has 118 valence electrons. The SMILES string of the molecule is CO[C@@H](CNC(=O)[C@H](C)Oc1ccccc1)c1ccc(C)s1. The zero-order valence-corrected chi connectivity index (χ0v) is 13.9. The van der Waals surface area contributed by atoms with Gasteiger partial charge in [-0.3, -0.25) is 4.79 Å². The van der Waals surface area contributed by atoms with Gasteiger partial charge in [0.05, 0.1) is 0 Å². The van der Waals surface area contributed by atoms with Crippen molar-refractivity contribution < 1.29 is 14.3 Å². The number of hydrogen-bond donors (Lipinski definition) is 1. The molecule has 2 rings (SSSR count). The highest BCUT2D eigenvalue weighted by atomic mass is 32.1. The molecule has 1 amide bonds. The number of aryl methyl sites for hydroxylation is 1. The molecule has 4 nitrogen and oxygen atoms in total. The molecular formula is C17H21NO3S. The third-order valence-corrected chi connectivity index (χ3v) is 4.34. The van der Waals surface area contributed by atoms with Gasteiger partial charge in [-0.15, -0.1) is 11.3 Å². The number of carbonyl (C=O) groups excluding carboxylic acids is 1. The van der Waals surface area contributed by atoms with Crippen molar-refractivity contribution >= 4 is 17.2 Å². The molecule has 0 aliphatic heterocycles. The van der Waals surface area contributed by atoms with Gasteiger partial charge in [0.15, 0.2) is 6.10 Å². The minimum atomic E-state index is -0.551. The molecule has 0 fully saturated rings. The van der Waals surface area contributed by atoms with Crippen LogP contribution in [-0.4, -0.2) is 25.7 Å². The minimum Gasteiger partial charge on any atom is -0.481 e. The predicted molar refractivity (Wildman–Crippen MR) is 88.3 cm³/mol. The Morgan fingerprint density at radius 1 is 1.23 bits per heavy atom. The Kier molecular flexibility index (Phi) is 5.98. The number of hydrogen-bond acceptors (Lipinski definition) is 4. The number of thiophene rings is 1. The van der Waals surface area contributed by atoms with Crippen molar-refractivity contribution in [1.82, 2.24) is 5.32 Å². The summed E-state index contributed by atoms with van der Waals surface area (Å²) in [5.74, 6) is 0.529. The van der Waals surface area contributed by atoms with Crippen molar-refractivity contribution in [2.75, 3.05) is 13.7 Å². The topological polar surface area (TPSA) is 47.6 Å². The lowest BCUT2D eigenvalue weighted by Gasteiger charge is -2.18. The van der Waals surface area contributed by atoms with Crippen LogP contribution in [0.25, 0.3) is 0 Å². The largest absolute Gasteiger partial charge is 0.481 e. The molecule has 2 atom stereocenters. The normalized spacial score (nSPS) is 13.4. The number of methoxy groups -OCH3 is 1. The van der Waals surface area contributed by atoms with Crippen LogP contribution >= 0.6 is 11.3 Å². The molecule has 2 aromatic rings. The molecule has 0 spiro atoms. The second kappa shape index (κ2) is 7.96. The zero-order valence-electron chi connectivity index (χ0n) is 13.0. The van der Waals surface area contributed by atoms with E-state index in [2.05, 4.69) is 18.3 Å². The van der Waals surface area contributed by atoms with Crippen LogP contribution in [0.3, 0.4) is 0 Å². The van der Waals surface area contributed by atoms with Crippen molar-refractivity contribution in [1.29, 1.82) is 0 Å². The molecule has 22 heavy (non-hydrogen) atoms. The molecule has 1 aromatic carbocycles. The smallest absolute Gasteiger partial charge is 0.260 e. The summed E-state index contributed by atoms with van der Waals surface area (Å²) in [5, 5.41) is 2.88. The molecule has 1 aromatic heterocycles. The highest BCUT2D eigenvalue weighted by Gasteiger charge is 2.18. The number of ether oxygens (including phenoxy) is 2. The third-order valence-electron chi connectivity index (χ3n) is 3.25. The molecule has 1 heterocycles. The van der Waals surface area contributed by atoms with E-state index in [0.717, 1.165) is 4.88 Å². The highest BCUT2D eigenvalue weighted by Crippen LogP contribution is 2.24. The summed E-state index contributed by atoms with van der Waals surface area (Å²) in [4.78, 5) is 14.5. The molecular weight excluding hydrogens is 298 g/mol. The Balaban J connectivity index is 1.85. The fourth-order valence-electron chi connectivity index (χ4n) is 2.02. The number of rotatable bonds is 7. The van der Waals surface area contributed by atoms with Crippen molar-refractivity contribution in [3.8, 4) is 5.75 Å². The van der Waals surface area contributed by atoms with Gasteiger partial charge in [-0.1, -0.05) is 18.2 Å². The second-order valence-electron chi connectivity index (χ2n) is 4.99. The quantitative estimate of drug-likeness (QED) is 0.851. The first kappa shape index (κ1) is 16.5. The Hall–Kier alpha value is -1.85. The fraction of sp³-hybridized carbons (Fsp3) is 0.353. The molecule has 0 unspecified atom stereocenters. The average Bonchev–Trinajstić information content (AvgIpc) is 2.95. The Bertz CT molecular complexity index is 597. The molecule has 0 aliphatic rings. The van der Waals surface area contributed by atoms with Crippen LogP contribution in [0.2, 0.25) is 0 Å². The van der Waals surface area contributed by atoms with Crippen molar-refractivity contribution in [2.24, 2.45) is 0 Å². The van der Waals surface area contributed by atoms with Gasteiger partial charge in [0.2, 0.25) is 0 Å². The first-order valence-corrected chi connectivity index (χ1v) is 8.00. The summed E-state index contributed by atoms with van der Waals surface area (Å²) in [7, 11) is 1.65. The molecule has 0 bridgehead atoms. The van der Waals surface area contributed by atoms with Gasteiger partial charge >= 0.3 is 0 Å². The zero-order chi connectivity index (χ0) is 15.9. The first-order valence-electron chi connectivity index (χ1n) is 7.18. The third kappa shape index (κ3) is 4.58. The maximum absolute atomic E-state index is 12.1. The van der Waals surface area contributed by atoms with E-state index in [9.17, 15) is 4.79 Å². The molecule has 0 radical (unpaired) electrons. The van der Waals surface area contributed by atoms with Gasteiger partial charge in [0, 0.05) is 23.4 Å². The van der Waals surface area contributed by atoms with Gasteiger partial charge in [0.25, 0.3) is 5.91 Å². The van der Waals surface area contributed by atoms with Crippen LogP contribution in [0.5, 0.6) is 5.75 Å². The van der Waals surface area contributed by atoms with Crippen LogP contribution in [0.15, 0.2) is 42.5 Å². The van der Waals surface area contributed by atoms with E-state index in [-0.39, 0.29) is 12.0 Å². The summed E-state index contributed by atoms with van der Waals surface area (Å²) in [5.41, 5.74) is 0. The number of amides is 1. The highest BCUT2D eigenvalue weighted by molar-refractivity contribution is 7.12. The van der Waals surface area contributed by atoms with E-state index in [0.29, 0.717) is 12.3 Å². The molecule has 0 saturated carbocycles. The van der Waals surface area contributed by atoms with Crippen LogP contribution in [0, 0.1) is 6.92 Å². The van der Waals surface area contributed by atoms with Crippen molar-refractivity contribution in [3.63, 3.8) is 0 Å². The summed E-state index contributed by atoms with van der Waals surface area (Å²) >= 11 is 1.68. The fourth-order valence-corrected chi connectivity index (χ4v) is 2.98. The first-order chi connectivity index (χ1) is 10.6. The van der Waals surface area contributed by atoms with Crippen LogP contribution in [0.4, 0.5) is 0 Å². The number of para-hydroxylation sites is 1. The average molecular weight is 319 g/mol. The van der Waals surface area contributed by atoms with E-state index in [1.54, 1.807) is 25.4 Å². The Morgan fingerprint density at radius 3 is 2.55 bits per heavy atom. The van der Waals surface area contributed by atoms with Gasteiger partial charge in [0.1, 0.15) is 11.9 Å². The van der Waals surface area contributed by atoms with E-state index in [1.807, 2.05) is 36.4 Å². The van der Waals surface area contributed by atoms with Gasteiger partial charge < -0.3 is 14.8 Å². The maximum atomic E-state index is 12.1. The summed E-state index contributed by atoms with van der Waals surface area (Å²) < 4.78 is 11.1. The van der Waals surface area contributed by atoms with E-state index in [1.165, 1.54) is 4.88 Å². The Labute approximate surface area is 135 Å². The maximum Gasteiger partial charge on any atom is 0.260 e. The molecule has 0 aliphatic carbocycles. The molecule has 5 heteroatoms. The standard InChI is InChI=1S/C17H21NO3S/c1-12-9-10-16(22-12)15(20-3)11-18-17(19)13(2)21-14-7-5-4-6-8-14/h4-10,13,15H,11H2,1-3H3,(H,18,19)/t13-,15-/m0/s1. The number of nitrogens with one attached hydrogen (secondary N) is 1. The van der Waals surface area contributed by atoms with E-state index >= 15 is 0 Å². The van der Waals surface area contributed by atoms with Crippen molar-refractivity contribution in [2.45, 2.75) is 26.1 Å². The van der Waals surface area contributed by atoms with Gasteiger partial charge in [-0.05, 0) is 38.1 Å². The van der Waals surface area contributed by atoms with E-state index < -0.39 is 6.10 Å². The molecule has 0 saturated heterocycles. The lowest BCUT2D eigenvalue weighted by molar-refractivity contribution is -0.127. The summed E-state index contributed by atoms with van der Waals surface area (Å²) in [6.45, 7) is 4.21. The lowest BCUT2D eigenvalue weighted by Crippen LogP contribution is -2.38. The summed E-state index contributed by atoms with van der Waals surface area (Å²) in [6.07, 6.45) is -0.684. The van der Waals surface area contributed by atoms with Crippen molar-refractivity contribution in [3.05, 3.63) is 52.2 Å². The lowest BCUT2D eigenvalue weighted by atomic mass is 10.2. The van der Waals surface area contributed by atoms with Gasteiger partial charge in [-0.2, -0.15) is 0 Å². The number of carbonyl (C=O) groups is 1. The van der Waals surface area contributed by atoms with Crippen LogP contribution < -0.4 is 10.1 Å². The van der Waals surface area contributed by atoms with Crippen LogP contribution in [0.1, 0.15) is 22.8 Å². The summed E-state index contributed by atoms with van der Waals surface area (Å²) in [6, 6.07) is 13.4. The number of benzene rings is 1.